The van der Waals surface area contributed by atoms with E-state index < -0.39 is 11.3 Å². The van der Waals surface area contributed by atoms with Gasteiger partial charge in [0.15, 0.2) is 0 Å². The van der Waals surface area contributed by atoms with Crippen molar-refractivity contribution >= 4 is 28.6 Å². The lowest BCUT2D eigenvalue weighted by Gasteiger charge is -2.18. The highest BCUT2D eigenvalue weighted by molar-refractivity contribution is 6.66. The molecule has 0 saturated carbocycles. The Balaban J connectivity index is 2.75. The first kappa shape index (κ1) is 11.5. The number of rotatable bonds is 4. The minimum atomic E-state index is -0.964. The normalized spacial score (nSPS) is 9.67. The molecule has 1 rings (SSSR count). The summed E-state index contributed by atoms with van der Waals surface area (Å²) in [6, 6.07) is 8.70. The Hall–Kier alpha value is -1.55. The van der Waals surface area contributed by atoms with Crippen molar-refractivity contribution in [3.63, 3.8) is 0 Å². The number of carboxylic acids is 1. The zero-order valence-corrected chi connectivity index (χ0v) is 8.65. The van der Waals surface area contributed by atoms with E-state index in [0.29, 0.717) is 5.69 Å². The van der Waals surface area contributed by atoms with Crippen LogP contribution in [0.25, 0.3) is 0 Å². The van der Waals surface area contributed by atoms with Crippen LogP contribution in [0.3, 0.4) is 0 Å². The van der Waals surface area contributed by atoms with Crippen molar-refractivity contribution in [2.45, 2.75) is 6.42 Å². The second kappa shape index (κ2) is 5.36. The summed E-state index contributed by atoms with van der Waals surface area (Å²) < 4.78 is 0. The first-order valence-electron chi connectivity index (χ1n) is 4.35. The van der Waals surface area contributed by atoms with E-state index in [-0.39, 0.29) is 13.0 Å². The van der Waals surface area contributed by atoms with Crippen molar-refractivity contribution < 1.29 is 14.7 Å². The topological polar surface area (TPSA) is 57.6 Å². The Morgan fingerprint density at radius 2 is 1.87 bits per heavy atom. The van der Waals surface area contributed by atoms with Crippen molar-refractivity contribution in [2.24, 2.45) is 0 Å². The van der Waals surface area contributed by atoms with Crippen LogP contribution in [0.2, 0.25) is 0 Å². The molecule has 0 heterocycles. The Labute approximate surface area is 92.1 Å². The number of benzene rings is 1. The molecule has 4 nitrogen and oxygen atoms in total. The number of amides is 1. The summed E-state index contributed by atoms with van der Waals surface area (Å²) in [7, 11) is 0. The van der Waals surface area contributed by atoms with Crippen LogP contribution in [0.5, 0.6) is 0 Å². The first-order valence-corrected chi connectivity index (χ1v) is 4.73. The molecule has 5 heteroatoms. The van der Waals surface area contributed by atoms with Gasteiger partial charge < -0.3 is 5.11 Å². The highest BCUT2D eigenvalue weighted by atomic mass is 35.5. The monoisotopic (exact) mass is 227 g/mol. The van der Waals surface area contributed by atoms with Gasteiger partial charge in [-0.05, 0) is 23.7 Å². The quantitative estimate of drug-likeness (QED) is 0.634. The van der Waals surface area contributed by atoms with E-state index in [1.807, 2.05) is 0 Å². The molecular formula is C10H10ClNO3. The number of hydrogen-bond acceptors (Lipinski definition) is 2. The molecule has 0 spiro atoms. The largest absolute Gasteiger partial charge is 0.481 e. The van der Waals surface area contributed by atoms with Gasteiger partial charge in [-0.1, -0.05) is 18.2 Å². The summed E-state index contributed by atoms with van der Waals surface area (Å²) in [6.07, 6.45) is -0.132. The minimum Gasteiger partial charge on any atom is -0.481 e. The molecule has 1 aromatic carbocycles. The summed E-state index contributed by atoms with van der Waals surface area (Å²) in [4.78, 5) is 22.6. The van der Waals surface area contributed by atoms with Gasteiger partial charge in [-0.25, -0.2) is 0 Å². The van der Waals surface area contributed by atoms with Crippen molar-refractivity contribution in [1.82, 2.24) is 0 Å². The lowest BCUT2D eigenvalue weighted by Crippen LogP contribution is -2.28. The maximum Gasteiger partial charge on any atom is 0.320 e. The zero-order chi connectivity index (χ0) is 11.3. The van der Waals surface area contributed by atoms with Gasteiger partial charge in [-0.15, -0.1) is 0 Å². The van der Waals surface area contributed by atoms with Gasteiger partial charge in [0.2, 0.25) is 0 Å². The fraction of sp³-hybridized carbons (Fsp3) is 0.200. The number of para-hydroxylation sites is 1. The molecule has 1 aromatic rings. The number of halogens is 1. The third-order valence-corrected chi connectivity index (χ3v) is 2.03. The number of aliphatic carboxylic acids is 1. The van der Waals surface area contributed by atoms with Crippen LogP contribution in [-0.2, 0) is 4.79 Å². The van der Waals surface area contributed by atoms with Crippen molar-refractivity contribution in [1.29, 1.82) is 0 Å². The predicted octanol–water partition coefficient (Wildman–Crippen LogP) is 2.33. The minimum absolute atomic E-state index is 0.0711. The molecule has 0 radical (unpaired) electrons. The Kier molecular flexibility index (Phi) is 4.12. The summed E-state index contributed by atoms with van der Waals surface area (Å²) in [5, 5.41) is 7.83. The fourth-order valence-electron chi connectivity index (χ4n) is 1.13. The number of anilines is 1. The average molecular weight is 228 g/mol. The van der Waals surface area contributed by atoms with E-state index in [9.17, 15) is 9.59 Å². The fourth-order valence-corrected chi connectivity index (χ4v) is 1.32. The summed E-state index contributed by atoms with van der Waals surface area (Å²) in [5.74, 6) is -0.964. The van der Waals surface area contributed by atoms with Crippen LogP contribution in [0.15, 0.2) is 30.3 Å². The molecule has 80 valence electrons. The predicted molar refractivity (Wildman–Crippen MR) is 57.3 cm³/mol. The number of carboxylic acid groups (broad SMARTS) is 1. The number of carbonyl (C=O) groups excluding carboxylic acids is 1. The van der Waals surface area contributed by atoms with Gasteiger partial charge in [-0.2, -0.15) is 0 Å². The van der Waals surface area contributed by atoms with E-state index in [1.165, 1.54) is 4.90 Å². The highest BCUT2D eigenvalue weighted by Gasteiger charge is 2.13. The van der Waals surface area contributed by atoms with Gasteiger partial charge in [0.25, 0.3) is 0 Å². The standard InChI is InChI=1S/C10H10ClNO3/c11-10(15)12(7-6-9(13)14)8-4-2-1-3-5-8/h1-5H,6-7H2,(H,13,14). The molecule has 0 aromatic heterocycles. The summed E-state index contributed by atoms with van der Waals surface area (Å²) >= 11 is 5.36. The second-order valence-corrected chi connectivity index (χ2v) is 3.21. The van der Waals surface area contributed by atoms with Gasteiger partial charge >= 0.3 is 11.3 Å². The molecule has 1 N–H and O–H groups in total. The zero-order valence-electron chi connectivity index (χ0n) is 7.89. The van der Waals surface area contributed by atoms with E-state index in [4.69, 9.17) is 16.7 Å². The molecule has 0 atom stereocenters. The van der Waals surface area contributed by atoms with Crippen LogP contribution in [0, 0.1) is 0 Å². The van der Waals surface area contributed by atoms with Crippen molar-refractivity contribution in [3.05, 3.63) is 30.3 Å². The Morgan fingerprint density at radius 1 is 1.27 bits per heavy atom. The molecule has 15 heavy (non-hydrogen) atoms. The van der Waals surface area contributed by atoms with Gasteiger partial charge in [0, 0.05) is 12.2 Å². The molecule has 0 aliphatic heterocycles. The van der Waals surface area contributed by atoms with E-state index in [0.717, 1.165) is 0 Å². The molecule has 0 unspecified atom stereocenters. The van der Waals surface area contributed by atoms with Crippen LogP contribution in [0.4, 0.5) is 10.5 Å². The first-order chi connectivity index (χ1) is 7.11. The lowest BCUT2D eigenvalue weighted by molar-refractivity contribution is -0.136. The third kappa shape index (κ3) is 3.59. The van der Waals surface area contributed by atoms with Gasteiger partial charge in [0.05, 0.1) is 6.42 Å². The smallest absolute Gasteiger partial charge is 0.320 e. The number of nitrogens with zero attached hydrogens (tertiary/aromatic N) is 1. The molecule has 0 aliphatic carbocycles. The second-order valence-electron chi connectivity index (χ2n) is 2.88. The van der Waals surface area contributed by atoms with Crippen molar-refractivity contribution in [2.75, 3.05) is 11.4 Å². The molecule has 0 bridgehead atoms. The van der Waals surface area contributed by atoms with Gasteiger partial charge in [0.1, 0.15) is 0 Å². The highest BCUT2D eigenvalue weighted by Crippen LogP contribution is 2.15. The average Bonchev–Trinajstić information content (AvgIpc) is 2.18. The van der Waals surface area contributed by atoms with E-state index >= 15 is 0 Å². The molecular weight excluding hydrogens is 218 g/mol. The van der Waals surface area contributed by atoms with E-state index in [2.05, 4.69) is 0 Å². The lowest BCUT2D eigenvalue weighted by atomic mass is 10.3. The van der Waals surface area contributed by atoms with Gasteiger partial charge in [-0.3, -0.25) is 14.5 Å². The van der Waals surface area contributed by atoms with E-state index in [1.54, 1.807) is 30.3 Å². The van der Waals surface area contributed by atoms with Crippen molar-refractivity contribution in [3.8, 4) is 0 Å². The molecule has 0 saturated heterocycles. The Morgan fingerprint density at radius 3 is 2.33 bits per heavy atom. The Bertz CT molecular complexity index is 353. The molecule has 0 fully saturated rings. The van der Waals surface area contributed by atoms with Crippen LogP contribution < -0.4 is 4.90 Å². The summed E-state index contributed by atoms with van der Waals surface area (Å²) in [5.41, 5.74) is 0.596. The molecule has 0 aliphatic rings. The van der Waals surface area contributed by atoms with Crippen LogP contribution >= 0.6 is 11.6 Å². The SMILES string of the molecule is O=C(O)CCN(C(=O)Cl)c1ccccc1. The van der Waals surface area contributed by atoms with Crippen LogP contribution in [-0.4, -0.2) is 23.0 Å². The maximum atomic E-state index is 11.1. The number of hydrogen-bond donors (Lipinski definition) is 1. The van der Waals surface area contributed by atoms with Crippen LogP contribution in [0.1, 0.15) is 6.42 Å². The number of carbonyl (C=O) groups is 2. The summed E-state index contributed by atoms with van der Waals surface area (Å²) in [6.45, 7) is 0.0711. The third-order valence-electron chi connectivity index (χ3n) is 1.83. The maximum absolute atomic E-state index is 11.1. The molecule has 1 amide bonds.